The van der Waals surface area contributed by atoms with Gasteiger partial charge in [0, 0.05) is 6.42 Å². The number of hydrogen-bond donors (Lipinski definition) is 1. The molecule has 0 aromatic heterocycles. The molecule has 1 N–H and O–H groups in total. The summed E-state index contributed by atoms with van der Waals surface area (Å²) in [7, 11) is 0. The van der Waals surface area contributed by atoms with Crippen molar-refractivity contribution in [3.8, 4) is 0 Å². The molecule has 4 heteroatoms. The molecule has 0 bridgehead atoms. The zero-order chi connectivity index (χ0) is 22.0. The minimum absolute atomic E-state index is 0.0135. The van der Waals surface area contributed by atoms with Crippen LogP contribution in [0.5, 0.6) is 0 Å². The van der Waals surface area contributed by atoms with Gasteiger partial charge in [0.1, 0.15) is 6.10 Å². The fourth-order valence-electron chi connectivity index (χ4n) is 4.00. The molecule has 0 saturated heterocycles. The summed E-state index contributed by atoms with van der Waals surface area (Å²) in [5, 5.41) is 10.0. The van der Waals surface area contributed by atoms with E-state index in [1.54, 1.807) is 0 Å². The van der Waals surface area contributed by atoms with Crippen LogP contribution in [-0.4, -0.2) is 30.5 Å². The molecular weight excluding hydrogens is 400 g/mol. The quantitative estimate of drug-likeness (QED) is 0.432. The van der Waals surface area contributed by atoms with Gasteiger partial charge in [-0.1, -0.05) is 91.0 Å². The number of aliphatic hydroxyl groups excluding tert-OH is 1. The fraction of sp³-hybridized carbons (Fsp3) is 0.286. The number of aliphatic hydroxyl groups is 1. The van der Waals surface area contributed by atoms with Gasteiger partial charge >= 0.3 is 0 Å². The van der Waals surface area contributed by atoms with Crippen molar-refractivity contribution in [2.24, 2.45) is 0 Å². The summed E-state index contributed by atoms with van der Waals surface area (Å²) in [5.41, 5.74) is 5.30. The van der Waals surface area contributed by atoms with Crippen molar-refractivity contribution < 1.29 is 19.3 Å². The van der Waals surface area contributed by atoms with Crippen LogP contribution in [0.3, 0.4) is 0 Å². The van der Waals surface area contributed by atoms with Crippen molar-refractivity contribution in [1.82, 2.24) is 0 Å². The predicted octanol–water partition coefficient (Wildman–Crippen LogP) is 5.07. The Morgan fingerprint density at radius 1 is 0.625 bits per heavy atom. The Labute approximate surface area is 190 Å². The normalized spacial score (nSPS) is 18.3. The first-order chi connectivity index (χ1) is 15.8. The van der Waals surface area contributed by atoms with Crippen LogP contribution in [0.15, 0.2) is 102 Å². The highest BCUT2D eigenvalue weighted by Gasteiger charge is 2.36. The molecule has 0 saturated carbocycles. The van der Waals surface area contributed by atoms with E-state index in [1.165, 1.54) is 0 Å². The first-order valence-corrected chi connectivity index (χ1v) is 11.1. The second-order valence-electron chi connectivity index (χ2n) is 8.02. The van der Waals surface area contributed by atoms with E-state index in [-0.39, 0.29) is 18.8 Å². The van der Waals surface area contributed by atoms with E-state index >= 15 is 0 Å². The minimum atomic E-state index is -0.253. The maximum atomic E-state index is 10.0. The van der Waals surface area contributed by atoms with E-state index in [0.717, 1.165) is 27.8 Å². The summed E-state index contributed by atoms with van der Waals surface area (Å²) in [6, 6.07) is 30.4. The first kappa shape index (κ1) is 22.4. The summed E-state index contributed by atoms with van der Waals surface area (Å²) in [5.74, 6) is 0. The lowest BCUT2D eigenvalue weighted by atomic mass is 10.1. The van der Waals surface area contributed by atoms with E-state index < -0.39 is 0 Å². The SMILES string of the molecule is OCC1=C(COCc2ccccc2)[C@@H](OCc2ccccc2)[C@H](OCc2ccccc2)C1. The maximum Gasteiger partial charge on any atom is 0.108 e. The van der Waals surface area contributed by atoms with Crippen molar-refractivity contribution in [2.45, 2.75) is 38.4 Å². The maximum absolute atomic E-state index is 10.0. The van der Waals surface area contributed by atoms with E-state index in [0.29, 0.717) is 32.8 Å². The summed E-state index contributed by atoms with van der Waals surface area (Å²) < 4.78 is 18.7. The highest BCUT2D eigenvalue weighted by Crippen LogP contribution is 2.33. The predicted molar refractivity (Wildman–Crippen MR) is 125 cm³/mol. The summed E-state index contributed by atoms with van der Waals surface area (Å²) in [6.45, 7) is 1.91. The Bertz CT molecular complexity index is 970. The van der Waals surface area contributed by atoms with Gasteiger partial charge in [-0.3, -0.25) is 0 Å². The van der Waals surface area contributed by atoms with Crippen LogP contribution in [0.2, 0.25) is 0 Å². The molecule has 2 atom stereocenters. The van der Waals surface area contributed by atoms with Crippen molar-refractivity contribution in [2.75, 3.05) is 13.2 Å². The smallest absolute Gasteiger partial charge is 0.108 e. The van der Waals surface area contributed by atoms with Gasteiger partial charge in [-0.05, 0) is 27.8 Å². The highest BCUT2D eigenvalue weighted by molar-refractivity contribution is 5.29. The van der Waals surface area contributed by atoms with Crippen LogP contribution in [0.25, 0.3) is 0 Å². The highest BCUT2D eigenvalue weighted by atomic mass is 16.5. The first-order valence-electron chi connectivity index (χ1n) is 11.1. The van der Waals surface area contributed by atoms with Crippen LogP contribution in [0.4, 0.5) is 0 Å². The largest absolute Gasteiger partial charge is 0.392 e. The number of hydrogen-bond acceptors (Lipinski definition) is 4. The Morgan fingerprint density at radius 2 is 1.12 bits per heavy atom. The van der Waals surface area contributed by atoms with Crippen LogP contribution in [0, 0.1) is 0 Å². The summed E-state index contributed by atoms with van der Waals surface area (Å²) >= 11 is 0. The molecule has 3 aromatic rings. The van der Waals surface area contributed by atoms with E-state index in [2.05, 4.69) is 24.3 Å². The van der Waals surface area contributed by atoms with Crippen LogP contribution in [0.1, 0.15) is 23.1 Å². The second kappa shape index (κ2) is 11.7. The van der Waals surface area contributed by atoms with Gasteiger partial charge < -0.3 is 19.3 Å². The van der Waals surface area contributed by atoms with Crippen molar-refractivity contribution >= 4 is 0 Å². The van der Waals surface area contributed by atoms with Crippen molar-refractivity contribution in [1.29, 1.82) is 0 Å². The molecule has 0 radical (unpaired) electrons. The minimum Gasteiger partial charge on any atom is -0.392 e. The summed E-state index contributed by atoms with van der Waals surface area (Å²) in [6.07, 6.45) is 0.237. The molecule has 32 heavy (non-hydrogen) atoms. The van der Waals surface area contributed by atoms with Crippen LogP contribution < -0.4 is 0 Å². The molecule has 1 aliphatic rings. The molecule has 0 heterocycles. The zero-order valence-electron chi connectivity index (χ0n) is 18.2. The Morgan fingerprint density at radius 3 is 1.66 bits per heavy atom. The second-order valence-corrected chi connectivity index (χ2v) is 8.02. The molecule has 0 unspecified atom stereocenters. The molecule has 0 amide bonds. The molecule has 3 aromatic carbocycles. The van der Waals surface area contributed by atoms with Crippen molar-refractivity contribution in [3.63, 3.8) is 0 Å². The Kier molecular flexibility index (Phi) is 8.23. The average Bonchev–Trinajstić information content (AvgIpc) is 3.20. The number of benzene rings is 3. The lowest BCUT2D eigenvalue weighted by Crippen LogP contribution is -2.30. The molecule has 0 spiro atoms. The third kappa shape index (κ3) is 6.15. The Hall–Kier alpha value is -2.76. The van der Waals surface area contributed by atoms with Crippen LogP contribution in [-0.2, 0) is 34.0 Å². The van der Waals surface area contributed by atoms with E-state index in [1.807, 2.05) is 66.7 Å². The molecular formula is C28H30O4. The third-order valence-corrected chi connectivity index (χ3v) is 5.72. The third-order valence-electron chi connectivity index (χ3n) is 5.72. The van der Waals surface area contributed by atoms with Gasteiger partial charge in [0.2, 0.25) is 0 Å². The Balaban J connectivity index is 1.44. The molecule has 4 nitrogen and oxygen atoms in total. The number of ether oxygens (including phenoxy) is 3. The summed E-state index contributed by atoms with van der Waals surface area (Å²) in [4.78, 5) is 0. The number of rotatable bonds is 11. The monoisotopic (exact) mass is 430 g/mol. The fourth-order valence-corrected chi connectivity index (χ4v) is 4.00. The lowest BCUT2D eigenvalue weighted by molar-refractivity contribution is -0.0645. The topological polar surface area (TPSA) is 47.9 Å². The van der Waals surface area contributed by atoms with E-state index in [4.69, 9.17) is 14.2 Å². The lowest BCUT2D eigenvalue weighted by Gasteiger charge is -2.24. The molecule has 166 valence electrons. The standard InChI is InChI=1S/C28H30O4/c29-17-25-16-27(31-19-23-12-6-2-7-13-23)28(32-20-24-14-8-3-9-15-24)26(25)21-30-18-22-10-4-1-5-11-22/h1-15,27-29H,16-21H2/t27-,28-/m1/s1. The zero-order valence-corrected chi connectivity index (χ0v) is 18.2. The van der Waals surface area contributed by atoms with Gasteiger partial charge in [0.05, 0.1) is 39.1 Å². The molecule has 0 aliphatic heterocycles. The van der Waals surface area contributed by atoms with E-state index in [9.17, 15) is 5.11 Å². The van der Waals surface area contributed by atoms with Gasteiger partial charge in [0.25, 0.3) is 0 Å². The van der Waals surface area contributed by atoms with Crippen LogP contribution >= 0.6 is 0 Å². The van der Waals surface area contributed by atoms with Crippen molar-refractivity contribution in [3.05, 3.63) is 119 Å². The van der Waals surface area contributed by atoms with Gasteiger partial charge in [-0.15, -0.1) is 0 Å². The average molecular weight is 431 g/mol. The van der Waals surface area contributed by atoms with Gasteiger partial charge in [-0.2, -0.15) is 0 Å². The molecule has 1 aliphatic carbocycles. The molecule has 4 rings (SSSR count). The van der Waals surface area contributed by atoms with Gasteiger partial charge in [-0.25, -0.2) is 0 Å². The van der Waals surface area contributed by atoms with Gasteiger partial charge in [0.15, 0.2) is 0 Å². The molecule has 0 fully saturated rings.